The van der Waals surface area contributed by atoms with Crippen LogP contribution in [-0.4, -0.2) is 35.4 Å². The largest absolute Gasteiger partial charge is 0.336 e. The van der Waals surface area contributed by atoms with E-state index < -0.39 is 0 Å². The fraction of sp³-hybridized carbons (Fsp3) is 0.286. The number of nitrogens with one attached hydrogen (secondary N) is 1. The Kier molecular flexibility index (Phi) is 3.36. The average Bonchev–Trinajstić information content (AvgIpc) is 2.42. The fourth-order valence-corrected chi connectivity index (χ4v) is 2.51. The lowest BCUT2D eigenvalue weighted by Gasteiger charge is -2.27. The maximum Gasteiger partial charge on any atom is 0.236 e. The zero-order valence-corrected chi connectivity index (χ0v) is 11.2. The molecule has 1 fully saturated rings. The monoisotopic (exact) mass is 275 g/mol. The van der Waals surface area contributed by atoms with Crippen LogP contribution in [-0.2, 0) is 11.3 Å². The van der Waals surface area contributed by atoms with E-state index in [0.717, 1.165) is 29.6 Å². The van der Waals surface area contributed by atoms with Gasteiger partial charge >= 0.3 is 0 Å². The Hall–Kier alpha value is -1.65. The molecule has 0 saturated carbocycles. The number of nitrogens with zero attached hydrogens (tertiary/aromatic N) is 2. The molecule has 4 nitrogen and oxygen atoms in total. The van der Waals surface area contributed by atoms with Gasteiger partial charge in [0, 0.05) is 31.2 Å². The molecule has 3 rings (SSSR count). The minimum Gasteiger partial charge on any atom is -0.336 e. The third-order valence-electron chi connectivity index (χ3n) is 3.31. The van der Waals surface area contributed by atoms with Crippen molar-refractivity contribution >= 4 is 28.4 Å². The van der Waals surface area contributed by atoms with Crippen LogP contribution in [0.2, 0.25) is 5.02 Å². The zero-order chi connectivity index (χ0) is 13.2. The molecule has 5 heteroatoms. The number of fused-ring (bicyclic) bond motifs is 1. The second-order valence-corrected chi connectivity index (χ2v) is 5.04. The van der Waals surface area contributed by atoms with Crippen LogP contribution in [0.15, 0.2) is 30.5 Å². The molecular formula is C14H14ClN3O. The first-order chi connectivity index (χ1) is 9.24. The molecule has 0 bridgehead atoms. The maximum atomic E-state index is 11.7. The van der Waals surface area contributed by atoms with Crippen LogP contribution in [0.5, 0.6) is 0 Å². The van der Waals surface area contributed by atoms with E-state index in [1.165, 1.54) is 0 Å². The first-order valence-electron chi connectivity index (χ1n) is 6.26. The van der Waals surface area contributed by atoms with E-state index in [4.69, 9.17) is 11.6 Å². The molecule has 1 saturated heterocycles. The summed E-state index contributed by atoms with van der Waals surface area (Å²) in [6, 6.07) is 7.75. The Bertz CT molecular complexity index is 629. The van der Waals surface area contributed by atoms with Gasteiger partial charge < -0.3 is 10.2 Å². The lowest BCUT2D eigenvalue weighted by atomic mass is 10.1. The third kappa shape index (κ3) is 2.55. The SMILES string of the molecule is O=C1CNCCN1Cc1ccc2c(Cl)ccnc2c1. The predicted octanol–water partition coefficient (Wildman–Crippen LogP) is 1.82. The highest BCUT2D eigenvalue weighted by Gasteiger charge is 2.17. The van der Waals surface area contributed by atoms with Gasteiger partial charge in [-0.15, -0.1) is 0 Å². The Morgan fingerprint density at radius 3 is 3.11 bits per heavy atom. The normalized spacial score (nSPS) is 16.1. The molecule has 0 unspecified atom stereocenters. The Balaban J connectivity index is 1.87. The van der Waals surface area contributed by atoms with Crippen LogP contribution in [0.25, 0.3) is 10.9 Å². The predicted molar refractivity (Wildman–Crippen MR) is 75.0 cm³/mol. The van der Waals surface area contributed by atoms with Crippen LogP contribution in [0.3, 0.4) is 0 Å². The number of benzene rings is 1. The molecule has 98 valence electrons. The molecule has 0 aliphatic carbocycles. The molecule has 0 radical (unpaired) electrons. The standard InChI is InChI=1S/C14H14ClN3O/c15-12-3-4-17-13-7-10(1-2-11(12)13)9-18-6-5-16-8-14(18)19/h1-4,7,16H,5-6,8-9H2. The summed E-state index contributed by atoms with van der Waals surface area (Å²) in [4.78, 5) is 17.9. The Labute approximate surface area is 116 Å². The second kappa shape index (κ2) is 5.15. The summed E-state index contributed by atoms with van der Waals surface area (Å²) >= 11 is 6.11. The fourth-order valence-electron chi connectivity index (χ4n) is 2.29. The van der Waals surface area contributed by atoms with E-state index in [1.807, 2.05) is 23.1 Å². The quantitative estimate of drug-likeness (QED) is 0.909. The summed E-state index contributed by atoms with van der Waals surface area (Å²) in [5, 5.41) is 4.71. The van der Waals surface area contributed by atoms with Gasteiger partial charge in [-0.25, -0.2) is 0 Å². The highest BCUT2D eigenvalue weighted by molar-refractivity contribution is 6.35. The van der Waals surface area contributed by atoms with Crippen LogP contribution in [0.1, 0.15) is 5.56 Å². The van der Waals surface area contributed by atoms with Crippen LogP contribution in [0.4, 0.5) is 0 Å². The van der Waals surface area contributed by atoms with Crippen molar-refractivity contribution in [3.05, 3.63) is 41.0 Å². The van der Waals surface area contributed by atoms with Gasteiger partial charge in [-0.2, -0.15) is 0 Å². The van der Waals surface area contributed by atoms with Crippen molar-refractivity contribution in [1.82, 2.24) is 15.2 Å². The molecule has 19 heavy (non-hydrogen) atoms. The number of rotatable bonds is 2. The molecule has 1 aliphatic rings. The van der Waals surface area contributed by atoms with Crippen molar-refractivity contribution < 1.29 is 4.79 Å². The first-order valence-corrected chi connectivity index (χ1v) is 6.63. The summed E-state index contributed by atoms with van der Waals surface area (Å²) in [6.45, 7) is 2.66. The first kappa shape index (κ1) is 12.4. The molecular weight excluding hydrogens is 262 g/mol. The van der Waals surface area contributed by atoms with Crippen molar-refractivity contribution in [3.63, 3.8) is 0 Å². The van der Waals surface area contributed by atoms with Gasteiger partial charge in [-0.3, -0.25) is 9.78 Å². The molecule has 0 spiro atoms. The topological polar surface area (TPSA) is 45.2 Å². The summed E-state index contributed by atoms with van der Waals surface area (Å²) in [5.41, 5.74) is 1.95. The minimum atomic E-state index is 0.144. The molecule has 2 heterocycles. The van der Waals surface area contributed by atoms with Crippen molar-refractivity contribution in [2.45, 2.75) is 6.54 Å². The number of pyridine rings is 1. The zero-order valence-electron chi connectivity index (χ0n) is 10.4. The number of carbonyl (C=O) groups excluding carboxylic acids is 1. The summed E-state index contributed by atoms with van der Waals surface area (Å²) in [6.07, 6.45) is 1.70. The number of aromatic nitrogens is 1. The van der Waals surface area contributed by atoms with E-state index in [0.29, 0.717) is 18.1 Å². The number of amides is 1. The van der Waals surface area contributed by atoms with E-state index >= 15 is 0 Å². The van der Waals surface area contributed by atoms with E-state index in [2.05, 4.69) is 10.3 Å². The van der Waals surface area contributed by atoms with Crippen LogP contribution < -0.4 is 5.32 Å². The van der Waals surface area contributed by atoms with Gasteiger partial charge in [0.1, 0.15) is 0 Å². The molecule has 1 aliphatic heterocycles. The molecule has 0 atom stereocenters. The van der Waals surface area contributed by atoms with Gasteiger partial charge in [-0.05, 0) is 17.7 Å². The highest BCUT2D eigenvalue weighted by atomic mass is 35.5. The van der Waals surface area contributed by atoms with Gasteiger partial charge in [0.2, 0.25) is 5.91 Å². The van der Waals surface area contributed by atoms with E-state index in [9.17, 15) is 4.79 Å². The number of hydrogen-bond donors (Lipinski definition) is 1. The molecule has 1 aromatic heterocycles. The molecule has 2 aromatic rings. The van der Waals surface area contributed by atoms with Crippen LogP contribution in [0, 0.1) is 0 Å². The number of carbonyl (C=O) groups is 1. The highest BCUT2D eigenvalue weighted by Crippen LogP contribution is 2.22. The lowest BCUT2D eigenvalue weighted by Crippen LogP contribution is -2.47. The second-order valence-electron chi connectivity index (χ2n) is 4.64. The molecule has 1 N–H and O–H groups in total. The van der Waals surface area contributed by atoms with Crippen molar-refractivity contribution in [2.75, 3.05) is 19.6 Å². The average molecular weight is 276 g/mol. The molecule has 1 amide bonds. The van der Waals surface area contributed by atoms with Gasteiger partial charge in [0.15, 0.2) is 0 Å². The van der Waals surface area contributed by atoms with Crippen LogP contribution >= 0.6 is 11.6 Å². The molecule has 1 aromatic carbocycles. The maximum absolute atomic E-state index is 11.7. The van der Waals surface area contributed by atoms with Gasteiger partial charge in [-0.1, -0.05) is 23.7 Å². The van der Waals surface area contributed by atoms with Crippen molar-refractivity contribution in [2.24, 2.45) is 0 Å². The summed E-state index contributed by atoms with van der Waals surface area (Å²) < 4.78 is 0. The van der Waals surface area contributed by atoms with Gasteiger partial charge in [0.25, 0.3) is 0 Å². The smallest absolute Gasteiger partial charge is 0.236 e. The van der Waals surface area contributed by atoms with E-state index in [1.54, 1.807) is 12.3 Å². The number of piperazine rings is 1. The third-order valence-corrected chi connectivity index (χ3v) is 3.64. The van der Waals surface area contributed by atoms with Crippen molar-refractivity contribution in [1.29, 1.82) is 0 Å². The minimum absolute atomic E-state index is 0.144. The Morgan fingerprint density at radius 2 is 2.26 bits per heavy atom. The van der Waals surface area contributed by atoms with Gasteiger partial charge in [0.05, 0.1) is 17.1 Å². The Morgan fingerprint density at radius 1 is 1.37 bits per heavy atom. The summed E-state index contributed by atoms with van der Waals surface area (Å²) in [7, 11) is 0. The lowest BCUT2D eigenvalue weighted by molar-refractivity contribution is -0.132. The number of hydrogen-bond acceptors (Lipinski definition) is 3. The summed E-state index contributed by atoms with van der Waals surface area (Å²) in [5.74, 6) is 0.144. The van der Waals surface area contributed by atoms with Crippen molar-refractivity contribution in [3.8, 4) is 0 Å². The number of halogens is 1. The van der Waals surface area contributed by atoms with E-state index in [-0.39, 0.29) is 5.91 Å².